The van der Waals surface area contributed by atoms with Crippen LogP contribution in [-0.4, -0.2) is 16.9 Å². The average Bonchev–Trinajstić information content (AvgIpc) is 3.20. The molecule has 0 aliphatic heterocycles. The van der Waals surface area contributed by atoms with Gasteiger partial charge in [0, 0.05) is 12.2 Å². The van der Waals surface area contributed by atoms with Crippen molar-refractivity contribution in [1.82, 2.24) is 10.3 Å². The number of ether oxygens (including phenoxy) is 1. The van der Waals surface area contributed by atoms with Crippen molar-refractivity contribution >= 4 is 11.9 Å². The summed E-state index contributed by atoms with van der Waals surface area (Å²) in [6.07, 6.45) is 0.197. The van der Waals surface area contributed by atoms with Gasteiger partial charge in [-0.3, -0.25) is 9.78 Å². The summed E-state index contributed by atoms with van der Waals surface area (Å²) in [5, 5.41) is 2.78. The fourth-order valence-corrected chi connectivity index (χ4v) is 2.40. The van der Waals surface area contributed by atoms with E-state index >= 15 is 0 Å². The molecule has 0 saturated heterocycles. The Kier molecular flexibility index (Phi) is 5.43. The van der Waals surface area contributed by atoms with Crippen LogP contribution in [0.3, 0.4) is 0 Å². The smallest absolute Gasteiger partial charge is 0.375 e. The second kappa shape index (κ2) is 8.11. The van der Waals surface area contributed by atoms with Crippen molar-refractivity contribution in [3.8, 4) is 0 Å². The van der Waals surface area contributed by atoms with Crippen molar-refractivity contribution in [2.24, 2.45) is 0 Å². The summed E-state index contributed by atoms with van der Waals surface area (Å²) in [4.78, 5) is 29.2. The molecule has 3 rings (SSSR count). The van der Waals surface area contributed by atoms with E-state index in [4.69, 9.17) is 9.15 Å². The lowest BCUT2D eigenvalue weighted by atomic mass is 10.2. The van der Waals surface area contributed by atoms with Crippen molar-refractivity contribution in [3.63, 3.8) is 0 Å². The monoisotopic (exact) mass is 350 g/mol. The number of amides is 1. The second-order valence-electron chi connectivity index (χ2n) is 5.67. The minimum Gasteiger partial charge on any atom is -0.457 e. The highest BCUT2D eigenvalue weighted by Crippen LogP contribution is 2.19. The Hall–Kier alpha value is -3.41. The number of aryl methyl sites for hydroxylation is 1. The maximum absolute atomic E-state index is 12.7. The molecule has 0 fully saturated rings. The van der Waals surface area contributed by atoms with Gasteiger partial charge in [0.15, 0.2) is 0 Å². The van der Waals surface area contributed by atoms with E-state index in [2.05, 4.69) is 10.3 Å². The van der Waals surface area contributed by atoms with E-state index in [0.717, 1.165) is 11.3 Å². The zero-order valence-corrected chi connectivity index (χ0v) is 14.2. The van der Waals surface area contributed by atoms with Crippen LogP contribution in [0.4, 0.5) is 0 Å². The number of rotatable bonds is 6. The first-order valence-electron chi connectivity index (χ1n) is 8.13. The molecular formula is C20H18N2O4. The van der Waals surface area contributed by atoms with Crippen molar-refractivity contribution < 1.29 is 18.7 Å². The molecule has 1 N–H and O–H groups in total. The van der Waals surface area contributed by atoms with Crippen LogP contribution < -0.4 is 5.32 Å². The first-order valence-corrected chi connectivity index (χ1v) is 8.13. The highest BCUT2D eigenvalue weighted by atomic mass is 16.6. The minimum atomic E-state index is -1.17. The van der Waals surface area contributed by atoms with Gasteiger partial charge in [-0.2, -0.15) is 0 Å². The molecule has 1 aromatic carbocycles. The van der Waals surface area contributed by atoms with Gasteiger partial charge in [-0.05, 0) is 36.8 Å². The second-order valence-corrected chi connectivity index (χ2v) is 5.67. The topological polar surface area (TPSA) is 81.4 Å². The molecule has 0 spiro atoms. The first kappa shape index (κ1) is 17.4. The molecule has 3 aromatic rings. The third kappa shape index (κ3) is 4.36. The van der Waals surface area contributed by atoms with E-state index in [1.807, 2.05) is 30.3 Å². The van der Waals surface area contributed by atoms with Gasteiger partial charge in [-0.25, -0.2) is 4.79 Å². The quantitative estimate of drug-likeness (QED) is 0.691. The number of benzene rings is 1. The molecule has 1 atom stereocenters. The molecule has 2 aromatic heterocycles. The van der Waals surface area contributed by atoms with Gasteiger partial charge in [0.2, 0.25) is 11.9 Å². The zero-order chi connectivity index (χ0) is 18.4. The molecule has 1 amide bonds. The minimum absolute atomic E-state index is 0.0264. The summed E-state index contributed by atoms with van der Waals surface area (Å²) in [6.45, 7) is 2.12. The van der Waals surface area contributed by atoms with Crippen LogP contribution in [0.1, 0.15) is 33.6 Å². The SMILES string of the molecule is Cc1cccc([C@H](OC(=O)c2ccco2)C(=O)NCc2ccccc2)n1. The Balaban J connectivity index is 1.77. The van der Waals surface area contributed by atoms with Crippen molar-refractivity contribution in [2.75, 3.05) is 0 Å². The molecule has 0 aliphatic carbocycles. The number of hydrogen-bond donors (Lipinski definition) is 1. The number of furan rings is 1. The van der Waals surface area contributed by atoms with E-state index < -0.39 is 18.0 Å². The van der Waals surface area contributed by atoms with Crippen LogP contribution in [0.2, 0.25) is 0 Å². The number of aromatic nitrogens is 1. The normalized spacial score (nSPS) is 11.6. The van der Waals surface area contributed by atoms with Gasteiger partial charge in [-0.1, -0.05) is 36.4 Å². The average molecular weight is 350 g/mol. The number of nitrogens with zero attached hydrogens (tertiary/aromatic N) is 1. The van der Waals surface area contributed by atoms with Crippen LogP contribution in [0.15, 0.2) is 71.3 Å². The van der Waals surface area contributed by atoms with Gasteiger partial charge in [0.25, 0.3) is 5.91 Å². The Morgan fingerprint density at radius 1 is 1.08 bits per heavy atom. The van der Waals surface area contributed by atoms with Gasteiger partial charge in [-0.15, -0.1) is 0 Å². The fraction of sp³-hybridized carbons (Fsp3) is 0.150. The molecule has 0 saturated carbocycles. The van der Waals surface area contributed by atoms with E-state index in [1.54, 1.807) is 31.2 Å². The molecule has 0 unspecified atom stereocenters. The lowest BCUT2D eigenvalue weighted by Crippen LogP contribution is -2.32. The maximum Gasteiger partial charge on any atom is 0.375 e. The lowest BCUT2D eigenvalue weighted by Gasteiger charge is -2.17. The number of hydrogen-bond acceptors (Lipinski definition) is 5. The van der Waals surface area contributed by atoms with E-state index in [9.17, 15) is 9.59 Å². The highest BCUT2D eigenvalue weighted by Gasteiger charge is 2.27. The molecule has 6 heteroatoms. The van der Waals surface area contributed by atoms with Crippen LogP contribution in [0.5, 0.6) is 0 Å². The molecular weight excluding hydrogens is 332 g/mol. The van der Waals surface area contributed by atoms with E-state index in [1.165, 1.54) is 12.3 Å². The van der Waals surface area contributed by atoms with Gasteiger partial charge in [0.1, 0.15) is 0 Å². The van der Waals surface area contributed by atoms with E-state index in [-0.39, 0.29) is 5.76 Å². The molecule has 2 heterocycles. The van der Waals surface area contributed by atoms with Crippen LogP contribution in [-0.2, 0) is 16.1 Å². The van der Waals surface area contributed by atoms with E-state index in [0.29, 0.717) is 12.2 Å². The lowest BCUT2D eigenvalue weighted by molar-refractivity contribution is -0.130. The highest BCUT2D eigenvalue weighted by molar-refractivity contribution is 5.90. The standard InChI is InChI=1S/C20H18N2O4/c1-14-7-5-10-16(22-14)18(26-20(24)17-11-6-12-25-17)19(23)21-13-15-8-3-2-4-9-15/h2-12,18H,13H2,1H3,(H,21,23)/t18-/m0/s1. The Morgan fingerprint density at radius 2 is 1.88 bits per heavy atom. The molecule has 0 aliphatic rings. The largest absolute Gasteiger partial charge is 0.457 e. The summed E-state index contributed by atoms with van der Waals surface area (Å²) >= 11 is 0. The molecule has 0 radical (unpaired) electrons. The predicted octanol–water partition coefficient (Wildman–Crippen LogP) is 3.20. The Bertz CT molecular complexity index is 876. The number of esters is 1. The Morgan fingerprint density at radius 3 is 2.58 bits per heavy atom. The predicted molar refractivity (Wildman–Crippen MR) is 94.1 cm³/mol. The van der Waals surface area contributed by atoms with Crippen molar-refractivity contribution in [3.05, 3.63) is 89.6 Å². The summed E-state index contributed by atoms with van der Waals surface area (Å²) in [5.41, 5.74) is 2.02. The Labute approximate surface area is 150 Å². The third-order valence-corrected chi connectivity index (χ3v) is 3.67. The molecule has 0 bridgehead atoms. The number of pyridine rings is 1. The van der Waals surface area contributed by atoms with Crippen molar-refractivity contribution in [2.45, 2.75) is 19.6 Å². The first-order chi connectivity index (χ1) is 12.6. The van der Waals surface area contributed by atoms with Crippen molar-refractivity contribution in [1.29, 1.82) is 0 Å². The molecule has 132 valence electrons. The maximum atomic E-state index is 12.7. The number of carbonyl (C=O) groups excluding carboxylic acids is 2. The van der Waals surface area contributed by atoms with Gasteiger partial charge >= 0.3 is 5.97 Å². The summed E-state index contributed by atoms with van der Waals surface area (Å²) in [5.74, 6) is -1.15. The molecule has 26 heavy (non-hydrogen) atoms. The van der Waals surface area contributed by atoms with Crippen LogP contribution in [0, 0.1) is 6.92 Å². The fourth-order valence-electron chi connectivity index (χ4n) is 2.40. The zero-order valence-electron chi connectivity index (χ0n) is 14.2. The third-order valence-electron chi connectivity index (χ3n) is 3.67. The van der Waals surface area contributed by atoms with Crippen LogP contribution >= 0.6 is 0 Å². The van der Waals surface area contributed by atoms with Gasteiger partial charge in [0.05, 0.1) is 12.0 Å². The molecule has 6 nitrogen and oxygen atoms in total. The summed E-state index contributed by atoms with van der Waals surface area (Å²) in [7, 11) is 0. The number of carbonyl (C=O) groups is 2. The van der Waals surface area contributed by atoms with Gasteiger partial charge < -0.3 is 14.5 Å². The van der Waals surface area contributed by atoms with Crippen LogP contribution in [0.25, 0.3) is 0 Å². The summed E-state index contributed by atoms with van der Waals surface area (Å²) < 4.78 is 10.4. The number of nitrogens with one attached hydrogen (secondary N) is 1. The summed E-state index contributed by atoms with van der Waals surface area (Å²) in [6, 6.07) is 17.7.